The normalized spacial score (nSPS) is 12.7. The standard InChI is InChI=1S/C18H22F3N7/c1-17(2,6-8-28(3)4)26-16-11-5-7-22-10-13(11)24-15(25-16)12-9-23-27-14(12)18(19,20)21/h5,7,9-10H,6,8H2,1-4H3,(H,23,27)(H,24,25,26). The maximum absolute atomic E-state index is 13.3. The molecule has 0 spiro atoms. The van der Waals surface area contributed by atoms with Gasteiger partial charge in [-0.15, -0.1) is 0 Å². The van der Waals surface area contributed by atoms with E-state index < -0.39 is 11.9 Å². The van der Waals surface area contributed by atoms with Crippen molar-refractivity contribution in [3.8, 4) is 11.4 Å². The SMILES string of the molecule is CN(C)CCC(C)(C)Nc1nc(-c2c[nH]nc2C(F)(F)F)nc2cnccc12. The Hall–Kier alpha value is -2.75. The lowest BCUT2D eigenvalue weighted by Crippen LogP contribution is -2.35. The number of pyridine rings is 1. The highest BCUT2D eigenvalue weighted by Crippen LogP contribution is 2.35. The second kappa shape index (κ2) is 7.34. The largest absolute Gasteiger partial charge is 0.435 e. The van der Waals surface area contributed by atoms with Crippen LogP contribution in [0.15, 0.2) is 24.7 Å². The number of rotatable bonds is 6. The number of fused-ring (bicyclic) bond motifs is 1. The minimum Gasteiger partial charge on any atom is -0.365 e. The molecular formula is C18H22F3N7. The van der Waals surface area contributed by atoms with Crippen LogP contribution in [-0.2, 0) is 6.18 Å². The molecule has 0 unspecified atom stereocenters. The summed E-state index contributed by atoms with van der Waals surface area (Å²) in [6, 6.07) is 1.74. The molecule has 3 aromatic heterocycles. The van der Waals surface area contributed by atoms with E-state index >= 15 is 0 Å². The number of hydrogen-bond acceptors (Lipinski definition) is 6. The summed E-state index contributed by atoms with van der Waals surface area (Å²) in [6.07, 6.45) is 0.460. The third-order valence-electron chi connectivity index (χ3n) is 4.29. The van der Waals surface area contributed by atoms with E-state index in [1.54, 1.807) is 12.3 Å². The van der Waals surface area contributed by atoms with Crippen LogP contribution < -0.4 is 5.32 Å². The van der Waals surface area contributed by atoms with Gasteiger partial charge in [-0.1, -0.05) is 0 Å². The number of anilines is 1. The van der Waals surface area contributed by atoms with E-state index in [0.29, 0.717) is 16.7 Å². The van der Waals surface area contributed by atoms with Crippen LogP contribution in [0.1, 0.15) is 26.0 Å². The molecule has 3 aromatic rings. The average molecular weight is 393 g/mol. The maximum atomic E-state index is 13.3. The smallest absolute Gasteiger partial charge is 0.365 e. The zero-order valence-electron chi connectivity index (χ0n) is 16.1. The van der Waals surface area contributed by atoms with E-state index in [0.717, 1.165) is 19.2 Å². The summed E-state index contributed by atoms with van der Waals surface area (Å²) >= 11 is 0. The predicted octanol–water partition coefficient (Wildman–Crippen LogP) is 3.58. The fourth-order valence-electron chi connectivity index (χ4n) is 2.76. The van der Waals surface area contributed by atoms with Crippen LogP contribution in [0.5, 0.6) is 0 Å². The van der Waals surface area contributed by atoms with Crippen molar-refractivity contribution in [2.75, 3.05) is 26.0 Å². The summed E-state index contributed by atoms with van der Waals surface area (Å²) in [6.45, 7) is 4.88. The zero-order chi connectivity index (χ0) is 20.5. The first-order valence-corrected chi connectivity index (χ1v) is 8.73. The van der Waals surface area contributed by atoms with Gasteiger partial charge in [-0.3, -0.25) is 10.1 Å². The third kappa shape index (κ3) is 4.38. The highest BCUT2D eigenvalue weighted by molar-refractivity contribution is 5.90. The molecule has 150 valence electrons. The van der Waals surface area contributed by atoms with Gasteiger partial charge in [0.15, 0.2) is 11.5 Å². The van der Waals surface area contributed by atoms with Gasteiger partial charge >= 0.3 is 6.18 Å². The first-order chi connectivity index (χ1) is 13.1. The minimum atomic E-state index is -4.61. The molecule has 0 saturated carbocycles. The van der Waals surface area contributed by atoms with E-state index in [4.69, 9.17) is 0 Å². The van der Waals surface area contributed by atoms with Crippen molar-refractivity contribution >= 4 is 16.7 Å². The Morgan fingerprint density at radius 1 is 1.18 bits per heavy atom. The lowest BCUT2D eigenvalue weighted by molar-refractivity contribution is -0.140. The Morgan fingerprint density at radius 3 is 2.61 bits per heavy atom. The second-order valence-corrected chi connectivity index (χ2v) is 7.50. The molecule has 28 heavy (non-hydrogen) atoms. The molecule has 0 fully saturated rings. The first-order valence-electron chi connectivity index (χ1n) is 8.73. The van der Waals surface area contributed by atoms with Crippen molar-refractivity contribution in [2.45, 2.75) is 32.0 Å². The highest BCUT2D eigenvalue weighted by Gasteiger charge is 2.37. The Kier molecular flexibility index (Phi) is 5.24. The Balaban J connectivity index is 2.07. The number of aromatic amines is 1. The van der Waals surface area contributed by atoms with E-state index in [1.807, 2.05) is 27.9 Å². The van der Waals surface area contributed by atoms with Gasteiger partial charge in [-0.05, 0) is 47.0 Å². The molecule has 0 aromatic carbocycles. The molecule has 0 aliphatic rings. The molecule has 0 amide bonds. The first kappa shape index (κ1) is 20.0. The lowest BCUT2D eigenvalue weighted by atomic mass is 10.00. The molecule has 0 aliphatic heterocycles. The quantitative estimate of drug-likeness (QED) is 0.666. The molecule has 0 saturated heterocycles. The monoisotopic (exact) mass is 393 g/mol. The maximum Gasteiger partial charge on any atom is 0.435 e. The van der Waals surface area contributed by atoms with Gasteiger partial charge in [-0.2, -0.15) is 18.3 Å². The van der Waals surface area contributed by atoms with Gasteiger partial charge in [0.1, 0.15) is 5.82 Å². The van der Waals surface area contributed by atoms with Gasteiger partial charge in [0.25, 0.3) is 0 Å². The van der Waals surface area contributed by atoms with E-state index in [2.05, 4.69) is 35.4 Å². The number of nitrogens with one attached hydrogen (secondary N) is 2. The molecule has 0 radical (unpaired) electrons. The molecule has 2 N–H and O–H groups in total. The number of H-pyrrole nitrogens is 1. The van der Waals surface area contributed by atoms with Crippen LogP contribution in [0.25, 0.3) is 22.3 Å². The molecule has 7 nitrogen and oxygen atoms in total. The average Bonchev–Trinajstić information content (AvgIpc) is 3.10. The van der Waals surface area contributed by atoms with Crippen molar-refractivity contribution in [1.29, 1.82) is 0 Å². The van der Waals surface area contributed by atoms with Crippen molar-refractivity contribution in [2.24, 2.45) is 0 Å². The molecule has 3 heterocycles. The van der Waals surface area contributed by atoms with Crippen molar-refractivity contribution < 1.29 is 13.2 Å². The summed E-state index contributed by atoms with van der Waals surface area (Å²) in [5, 5.41) is 9.63. The summed E-state index contributed by atoms with van der Waals surface area (Å²) in [7, 11) is 3.97. The van der Waals surface area contributed by atoms with Crippen molar-refractivity contribution in [1.82, 2.24) is 30.0 Å². The van der Waals surface area contributed by atoms with Gasteiger partial charge in [0.2, 0.25) is 0 Å². The molecule has 0 bridgehead atoms. The summed E-state index contributed by atoms with van der Waals surface area (Å²) in [5.74, 6) is 0.396. The number of hydrogen-bond donors (Lipinski definition) is 2. The summed E-state index contributed by atoms with van der Waals surface area (Å²) in [4.78, 5) is 14.8. The van der Waals surface area contributed by atoms with Crippen LogP contribution in [0.2, 0.25) is 0 Å². The molecule has 3 rings (SSSR count). The zero-order valence-corrected chi connectivity index (χ0v) is 16.1. The van der Waals surface area contributed by atoms with E-state index in [-0.39, 0.29) is 16.9 Å². The summed E-state index contributed by atoms with van der Waals surface area (Å²) < 4.78 is 39.8. The second-order valence-electron chi connectivity index (χ2n) is 7.50. The van der Waals surface area contributed by atoms with Crippen molar-refractivity contribution in [3.63, 3.8) is 0 Å². The van der Waals surface area contributed by atoms with Gasteiger partial charge in [0, 0.05) is 23.3 Å². The Bertz CT molecular complexity index is 963. The predicted molar refractivity (Wildman–Crippen MR) is 101 cm³/mol. The number of halogens is 3. The lowest BCUT2D eigenvalue weighted by Gasteiger charge is -2.29. The Morgan fingerprint density at radius 2 is 1.93 bits per heavy atom. The Labute approximate surface area is 160 Å². The van der Waals surface area contributed by atoms with E-state index in [9.17, 15) is 13.2 Å². The number of nitrogens with zero attached hydrogens (tertiary/aromatic N) is 5. The fraction of sp³-hybridized carbons (Fsp3) is 0.444. The van der Waals surface area contributed by atoms with Crippen LogP contribution in [-0.4, -0.2) is 56.2 Å². The molecule has 0 atom stereocenters. The highest BCUT2D eigenvalue weighted by atomic mass is 19.4. The number of aromatic nitrogens is 5. The van der Waals surface area contributed by atoms with E-state index in [1.165, 1.54) is 6.20 Å². The van der Waals surface area contributed by atoms with Crippen LogP contribution >= 0.6 is 0 Å². The molecular weight excluding hydrogens is 371 g/mol. The van der Waals surface area contributed by atoms with Crippen LogP contribution in [0.3, 0.4) is 0 Å². The minimum absolute atomic E-state index is 0.0625. The van der Waals surface area contributed by atoms with Gasteiger partial charge in [0.05, 0.1) is 17.3 Å². The third-order valence-corrected chi connectivity index (χ3v) is 4.29. The molecule has 10 heteroatoms. The summed E-state index contributed by atoms with van der Waals surface area (Å²) in [5.41, 5.74) is -1.14. The number of alkyl halides is 3. The van der Waals surface area contributed by atoms with Crippen LogP contribution in [0, 0.1) is 0 Å². The topological polar surface area (TPSA) is 82.6 Å². The molecule has 0 aliphatic carbocycles. The van der Waals surface area contributed by atoms with Crippen LogP contribution in [0.4, 0.5) is 19.0 Å². The van der Waals surface area contributed by atoms with Gasteiger partial charge in [-0.25, -0.2) is 9.97 Å². The van der Waals surface area contributed by atoms with Crippen molar-refractivity contribution in [3.05, 3.63) is 30.4 Å². The fourth-order valence-corrected chi connectivity index (χ4v) is 2.76. The van der Waals surface area contributed by atoms with Gasteiger partial charge < -0.3 is 10.2 Å².